The van der Waals surface area contributed by atoms with Gasteiger partial charge >= 0.3 is 0 Å². The second-order valence-corrected chi connectivity index (χ2v) is 4.26. The van der Waals surface area contributed by atoms with Crippen LogP contribution in [-0.2, 0) is 9.59 Å². The summed E-state index contributed by atoms with van der Waals surface area (Å²) in [5.74, 6) is -0.720. The number of rotatable bonds is 6. The van der Waals surface area contributed by atoms with Gasteiger partial charge in [-0.05, 0) is 37.1 Å². The van der Waals surface area contributed by atoms with Gasteiger partial charge in [0.2, 0.25) is 5.91 Å². The lowest BCUT2D eigenvalue weighted by Gasteiger charge is -2.10. The zero-order chi connectivity index (χ0) is 14.4. The Morgan fingerprint density at radius 2 is 2.05 bits per heavy atom. The molecule has 0 aliphatic heterocycles. The average molecular weight is 266 g/mol. The summed E-state index contributed by atoms with van der Waals surface area (Å²) in [6.45, 7) is 3.53. The number of benzene rings is 1. The summed E-state index contributed by atoms with van der Waals surface area (Å²) in [5, 5.41) is 11.4. The summed E-state index contributed by atoms with van der Waals surface area (Å²) in [7, 11) is 0. The van der Waals surface area contributed by atoms with Crippen molar-refractivity contribution in [3.8, 4) is 5.75 Å². The van der Waals surface area contributed by atoms with E-state index >= 15 is 0 Å². The number of aliphatic hydroxyl groups is 1. The summed E-state index contributed by atoms with van der Waals surface area (Å²) in [6.07, 6.45) is -1.38. The number of carbonyl (C=O) groups excluding carboxylic acids is 2. The molecule has 1 aromatic rings. The first kappa shape index (κ1) is 15.0. The lowest BCUT2D eigenvalue weighted by molar-refractivity contribution is -0.127. The predicted octanol–water partition coefficient (Wildman–Crippen LogP) is -0.355. The van der Waals surface area contributed by atoms with E-state index in [1.54, 1.807) is 6.07 Å². The number of hydrogen-bond acceptors (Lipinski definition) is 4. The molecule has 0 radical (unpaired) electrons. The molecular formula is C13H18N2O4. The van der Waals surface area contributed by atoms with Crippen molar-refractivity contribution in [2.75, 3.05) is 13.2 Å². The van der Waals surface area contributed by atoms with E-state index in [-0.39, 0.29) is 13.2 Å². The smallest absolute Gasteiger partial charge is 0.258 e. The number of aryl methyl sites for hydroxylation is 2. The van der Waals surface area contributed by atoms with E-state index in [1.165, 1.54) is 0 Å². The van der Waals surface area contributed by atoms with Crippen LogP contribution in [0.2, 0.25) is 0 Å². The number of aliphatic hydroxyl groups excluding tert-OH is 1. The van der Waals surface area contributed by atoms with Crippen molar-refractivity contribution in [1.29, 1.82) is 0 Å². The summed E-state index contributed by atoms with van der Waals surface area (Å²) >= 11 is 0. The van der Waals surface area contributed by atoms with E-state index in [1.807, 2.05) is 26.0 Å². The molecule has 0 saturated carbocycles. The third kappa shape index (κ3) is 4.97. The highest BCUT2D eigenvalue weighted by Gasteiger charge is 2.12. The highest BCUT2D eigenvalue weighted by molar-refractivity contribution is 5.81. The fraction of sp³-hybridized carbons (Fsp3) is 0.385. The first-order chi connectivity index (χ1) is 8.90. The van der Waals surface area contributed by atoms with Gasteiger partial charge in [0.25, 0.3) is 5.91 Å². The Hall–Kier alpha value is -2.08. The van der Waals surface area contributed by atoms with Crippen molar-refractivity contribution in [3.05, 3.63) is 29.3 Å². The van der Waals surface area contributed by atoms with Crippen LogP contribution in [0.15, 0.2) is 18.2 Å². The van der Waals surface area contributed by atoms with E-state index in [0.717, 1.165) is 11.1 Å². The Kier molecular flexibility index (Phi) is 5.32. The molecule has 104 valence electrons. The van der Waals surface area contributed by atoms with Crippen LogP contribution < -0.4 is 15.8 Å². The number of carbonyl (C=O) groups is 2. The first-order valence-corrected chi connectivity index (χ1v) is 5.84. The predicted molar refractivity (Wildman–Crippen MR) is 69.6 cm³/mol. The minimum Gasteiger partial charge on any atom is -0.484 e. The van der Waals surface area contributed by atoms with Crippen molar-refractivity contribution in [1.82, 2.24) is 5.32 Å². The van der Waals surface area contributed by atoms with E-state index in [4.69, 9.17) is 15.6 Å². The van der Waals surface area contributed by atoms with Gasteiger partial charge in [-0.2, -0.15) is 0 Å². The van der Waals surface area contributed by atoms with Crippen LogP contribution in [0, 0.1) is 13.8 Å². The van der Waals surface area contributed by atoms with Gasteiger partial charge in [0, 0.05) is 0 Å². The molecule has 1 unspecified atom stereocenters. The van der Waals surface area contributed by atoms with Gasteiger partial charge in [0.15, 0.2) is 6.61 Å². The molecule has 6 nitrogen and oxygen atoms in total. The van der Waals surface area contributed by atoms with Gasteiger partial charge < -0.3 is 20.9 Å². The minimum atomic E-state index is -1.38. The number of amides is 2. The van der Waals surface area contributed by atoms with Crippen molar-refractivity contribution in [2.45, 2.75) is 20.0 Å². The molecule has 4 N–H and O–H groups in total. The molecule has 2 amide bonds. The van der Waals surface area contributed by atoms with E-state index in [9.17, 15) is 9.59 Å². The largest absolute Gasteiger partial charge is 0.484 e. The number of hydrogen-bond donors (Lipinski definition) is 3. The quantitative estimate of drug-likeness (QED) is 0.654. The van der Waals surface area contributed by atoms with Crippen LogP contribution in [0.25, 0.3) is 0 Å². The summed E-state index contributed by atoms with van der Waals surface area (Å²) in [5.41, 5.74) is 7.06. The Labute approximate surface area is 111 Å². The third-order valence-electron chi connectivity index (χ3n) is 2.67. The molecule has 6 heteroatoms. The highest BCUT2D eigenvalue weighted by atomic mass is 16.5. The molecule has 1 atom stereocenters. The van der Waals surface area contributed by atoms with Gasteiger partial charge in [-0.3, -0.25) is 9.59 Å². The number of nitrogens with two attached hydrogens (primary N) is 1. The lowest BCUT2D eigenvalue weighted by atomic mass is 10.1. The standard InChI is InChI=1S/C13H18N2O4/c1-8-3-4-10(5-9(8)2)19-7-12(17)15-6-11(16)13(14)18/h3-5,11,16H,6-7H2,1-2H3,(H2,14,18)(H,15,17). The Bertz CT molecular complexity index is 474. The van der Waals surface area contributed by atoms with Crippen LogP contribution in [0.3, 0.4) is 0 Å². The average Bonchev–Trinajstić information content (AvgIpc) is 2.37. The number of primary amides is 1. The molecule has 0 aliphatic rings. The molecule has 1 aromatic carbocycles. The lowest BCUT2D eigenvalue weighted by Crippen LogP contribution is -2.41. The van der Waals surface area contributed by atoms with Gasteiger partial charge in [0.1, 0.15) is 11.9 Å². The minimum absolute atomic E-state index is 0.187. The third-order valence-corrected chi connectivity index (χ3v) is 2.67. The van der Waals surface area contributed by atoms with E-state index < -0.39 is 17.9 Å². The molecule has 0 heterocycles. The zero-order valence-corrected chi connectivity index (χ0v) is 11.0. The summed E-state index contributed by atoms with van der Waals surface area (Å²) in [6, 6.07) is 5.51. The SMILES string of the molecule is Cc1ccc(OCC(=O)NCC(O)C(N)=O)cc1C. The number of nitrogens with one attached hydrogen (secondary N) is 1. The maximum absolute atomic E-state index is 11.4. The van der Waals surface area contributed by atoms with Gasteiger partial charge in [-0.25, -0.2) is 0 Å². The highest BCUT2D eigenvalue weighted by Crippen LogP contribution is 2.16. The maximum Gasteiger partial charge on any atom is 0.258 e. The first-order valence-electron chi connectivity index (χ1n) is 5.84. The Balaban J connectivity index is 2.37. The fourth-order valence-electron chi connectivity index (χ4n) is 1.31. The molecule has 0 spiro atoms. The van der Waals surface area contributed by atoms with Crippen molar-refractivity contribution < 1.29 is 19.4 Å². The van der Waals surface area contributed by atoms with E-state index in [0.29, 0.717) is 5.75 Å². The van der Waals surface area contributed by atoms with Crippen LogP contribution in [0.1, 0.15) is 11.1 Å². The number of ether oxygens (including phenoxy) is 1. The fourth-order valence-corrected chi connectivity index (χ4v) is 1.31. The van der Waals surface area contributed by atoms with Crippen molar-refractivity contribution in [2.24, 2.45) is 5.73 Å². The van der Waals surface area contributed by atoms with Crippen LogP contribution in [0.5, 0.6) is 5.75 Å². The zero-order valence-electron chi connectivity index (χ0n) is 11.0. The second kappa shape index (κ2) is 6.75. The van der Waals surface area contributed by atoms with Gasteiger partial charge in [-0.1, -0.05) is 6.07 Å². The molecule has 0 fully saturated rings. The topological polar surface area (TPSA) is 102 Å². The maximum atomic E-state index is 11.4. The Morgan fingerprint density at radius 3 is 2.63 bits per heavy atom. The molecule has 1 rings (SSSR count). The second-order valence-electron chi connectivity index (χ2n) is 4.26. The summed E-state index contributed by atoms with van der Waals surface area (Å²) in [4.78, 5) is 21.9. The molecule has 0 bridgehead atoms. The summed E-state index contributed by atoms with van der Waals surface area (Å²) < 4.78 is 5.29. The molecule has 0 saturated heterocycles. The van der Waals surface area contributed by atoms with E-state index in [2.05, 4.69) is 5.32 Å². The molecule has 0 aromatic heterocycles. The van der Waals surface area contributed by atoms with Gasteiger partial charge in [0.05, 0.1) is 6.54 Å². The normalized spacial score (nSPS) is 11.7. The van der Waals surface area contributed by atoms with Crippen molar-refractivity contribution >= 4 is 11.8 Å². The molecular weight excluding hydrogens is 248 g/mol. The van der Waals surface area contributed by atoms with Crippen molar-refractivity contribution in [3.63, 3.8) is 0 Å². The van der Waals surface area contributed by atoms with Crippen LogP contribution in [-0.4, -0.2) is 36.2 Å². The van der Waals surface area contributed by atoms with Crippen LogP contribution >= 0.6 is 0 Å². The molecule has 19 heavy (non-hydrogen) atoms. The van der Waals surface area contributed by atoms with Gasteiger partial charge in [-0.15, -0.1) is 0 Å². The molecule has 0 aliphatic carbocycles. The Morgan fingerprint density at radius 1 is 1.37 bits per heavy atom. The monoisotopic (exact) mass is 266 g/mol. The van der Waals surface area contributed by atoms with Crippen LogP contribution in [0.4, 0.5) is 0 Å².